The van der Waals surface area contributed by atoms with Crippen LogP contribution in [0.15, 0.2) is 51.9 Å². The Kier molecular flexibility index (Phi) is 5.43. The van der Waals surface area contributed by atoms with Gasteiger partial charge in [0, 0.05) is 43.1 Å². The summed E-state index contributed by atoms with van der Waals surface area (Å²) < 4.78 is 5.05. The first kappa shape index (κ1) is 21.0. The van der Waals surface area contributed by atoms with Crippen molar-refractivity contribution in [2.24, 2.45) is 0 Å². The number of rotatable bonds is 5. The van der Waals surface area contributed by atoms with Gasteiger partial charge >= 0.3 is 5.76 Å². The molecule has 0 aliphatic carbocycles. The van der Waals surface area contributed by atoms with Crippen LogP contribution in [0.5, 0.6) is 0 Å². The molecule has 4 aromatic rings. The number of hydrogen-bond acceptors (Lipinski definition) is 9. The Morgan fingerprint density at radius 1 is 1.09 bits per heavy atom. The molecule has 3 N–H and O–H groups in total. The quantitative estimate of drug-likeness (QED) is 0.425. The molecule has 0 saturated carbocycles. The van der Waals surface area contributed by atoms with Crippen LogP contribution in [0.4, 0.5) is 29.0 Å². The number of aromatic amines is 1. The topological polar surface area (TPSA) is 115 Å². The molecule has 1 fully saturated rings. The first-order chi connectivity index (χ1) is 15.9. The monoisotopic (exact) mass is 446 g/mol. The lowest BCUT2D eigenvalue weighted by Gasteiger charge is -2.38. The first-order valence-electron chi connectivity index (χ1n) is 10.9. The maximum atomic E-state index is 11.4. The second kappa shape index (κ2) is 8.55. The van der Waals surface area contributed by atoms with Crippen LogP contribution in [0.1, 0.15) is 12.5 Å². The SMILES string of the molecule is Cc1cnc(Nc2ccc(N3CCN(C)C(C)C3)nc2)nc1Nc1ccc2oc(=O)[nH]c2c1. The van der Waals surface area contributed by atoms with Crippen LogP contribution >= 0.6 is 0 Å². The lowest BCUT2D eigenvalue weighted by molar-refractivity contribution is 0.233. The maximum absolute atomic E-state index is 11.4. The smallest absolute Gasteiger partial charge is 0.408 e. The number of pyridine rings is 1. The summed E-state index contributed by atoms with van der Waals surface area (Å²) in [5.41, 5.74) is 3.61. The minimum atomic E-state index is -0.478. The number of hydrogen-bond donors (Lipinski definition) is 3. The number of H-pyrrole nitrogens is 1. The van der Waals surface area contributed by atoms with E-state index in [4.69, 9.17) is 4.42 Å². The highest BCUT2D eigenvalue weighted by atomic mass is 16.4. The van der Waals surface area contributed by atoms with Gasteiger partial charge in [-0.2, -0.15) is 4.98 Å². The van der Waals surface area contributed by atoms with Crippen LogP contribution in [0, 0.1) is 6.92 Å². The van der Waals surface area contributed by atoms with Crippen molar-refractivity contribution in [2.45, 2.75) is 19.9 Å². The number of fused-ring (bicyclic) bond motifs is 1. The Morgan fingerprint density at radius 2 is 1.94 bits per heavy atom. The molecule has 0 radical (unpaired) electrons. The number of aryl methyl sites for hydroxylation is 1. The van der Waals surface area contributed by atoms with Gasteiger partial charge in [0.1, 0.15) is 11.6 Å². The van der Waals surface area contributed by atoms with E-state index in [1.165, 1.54) is 0 Å². The van der Waals surface area contributed by atoms with Gasteiger partial charge < -0.3 is 24.9 Å². The van der Waals surface area contributed by atoms with Crippen LogP contribution in [0.2, 0.25) is 0 Å². The first-order valence-corrected chi connectivity index (χ1v) is 10.9. The summed E-state index contributed by atoms with van der Waals surface area (Å²) in [6, 6.07) is 9.88. The molecular formula is C23H26N8O2. The summed E-state index contributed by atoms with van der Waals surface area (Å²) >= 11 is 0. The molecule has 1 aliphatic heterocycles. The van der Waals surface area contributed by atoms with E-state index in [0.29, 0.717) is 28.9 Å². The van der Waals surface area contributed by atoms with E-state index in [1.54, 1.807) is 24.5 Å². The Balaban J connectivity index is 1.30. The molecule has 10 heteroatoms. The van der Waals surface area contributed by atoms with Crippen LogP contribution in [0.3, 0.4) is 0 Å². The van der Waals surface area contributed by atoms with Crippen molar-refractivity contribution in [3.8, 4) is 0 Å². The van der Waals surface area contributed by atoms with Gasteiger partial charge in [0.2, 0.25) is 5.95 Å². The third-order valence-corrected chi connectivity index (χ3v) is 5.94. The molecule has 33 heavy (non-hydrogen) atoms. The van der Waals surface area contributed by atoms with Gasteiger partial charge in [0.25, 0.3) is 0 Å². The van der Waals surface area contributed by atoms with Gasteiger partial charge in [-0.3, -0.25) is 4.98 Å². The zero-order valence-corrected chi connectivity index (χ0v) is 18.8. The van der Waals surface area contributed by atoms with Crippen molar-refractivity contribution in [3.63, 3.8) is 0 Å². The molecule has 0 spiro atoms. The highest BCUT2D eigenvalue weighted by Crippen LogP contribution is 2.24. The lowest BCUT2D eigenvalue weighted by Crippen LogP contribution is -2.50. The van der Waals surface area contributed by atoms with Crippen molar-refractivity contribution in [1.29, 1.82) is 0 Å². The number of anilines is 5. The van der Waals surface area contributed by atoms with Crippen molar-refractivity contribution < 1.29 is 4.42 Å². The number of nitrogens with one attached hydrogen (secondary N) is 3. The second-order valence-electron chi connectivity index (χ2n) is 8.38. The fourth-order valence-electron chi connectivity index (χ4n) is 3.83. The van der Waals surface area contributed by atoms with Crippen molar-refractivity contribution in [1.82, 2.24) is 24.8 Å². The van der Waals surface area contributed by atoms with Crippen LogP contribution < -0.4 is 21.3 Å². The normalized spacial score (nSPS) is 16.8. The highest BCUT2D eigenvalue weighted by molar-refractivity contribution is 5.78. The van der Waals surface area contributed by atoms with Crippen LogP contribution in [0.25, 0.3) is 11.1 Å². The summed E-state index contributed by atoms with van der Waals surface area (Å²) in [5, 5.41) is 6.50. The number of likely N-dealkylation sites (N-methyl/N-ethyl adjacent to an activating group) is 1. The van der Waals surface area contributed by atoms with E-state index >= 15 is 0 Å². The van der Waals surface area contributed by atoms with Crippen molar-refractivity contribution in [3.05, 3.63) is 58.8 Å². The molecule has 170 valence electrons. The number of oxazole rings is 1. The zero-order chi connectivity index (χ0) is 22.9. The van der Waals surface area contributed by atoms with Crippen molar-refractivity contribution in [2.75, 3.05) is 42.2 Å². The molecule has 5 rings (SSSR count). The fourth-order valence-corrected chi connectivity index (χ4v) is 3.83. The molecular weight excluding hydrogens is 420 g/mol. The molecule has 10 nitrogen and oxygen atoms in total. The second-order valence-corrected chi connectivity index (χ2v) is 8.38. The molecule has 3 aromatic heterocycles. The Hall–Kier alpha value is -3.92. The highest BCUT2D eigenvalue weighted by Gasteiger charge is 2.21. The summed E-state index contributed by atoms with van der Waals surface area (Å²) in [4.78, 5) is 32.3. The third-order valence-electron chi connectivity index (χ3n) is 5.94. The summed E-state index contributed by atoms with van der Waals surface area (Å²) in [6.45, 7) is 7.12. The van der Waals surface area contributed by atoms with E-state index < -0.39 is 5.76 Å². The van der Waals surface area contributed by atoms with Crippen molar-refractivity contribution >= 4 is 40.1 Å². The van der Waals surface area contributed by atoms with E-state index in [-0.39, 0.29) is 0 Å². The molecule has 0 bridgehead atoms. The number of nitrogens with zero attached hydrogens (tertiary/aromatic N) is 5. The maximum Gasteiger partial charge on any atom is 0.417 e. The van der Waals surface area contributed by atoms with E-state index in [0.717, 1.165) is 42.4 Å². The van der Waals surface area contributed by atoms with E-state index in [1.807, 2.05) is 25.1 Å². The summed E-state index contributed by atoms with van der Waals surface area (Å²) in [7, 11) is 2.16. The number of benzene rings is 1. The Bertz CT molecular complexity index is 1330. The molecule has 1 aliphatic rings. The Morgan fingerprint density at radius 3 is 2.73 bits per heavy atom. The molecule has 4 heterocycles. The van der Waals surface area contributed by atoms with Gasteiger partial charge in [0.15, 0.2) is 5.58 Å². The van der Waals surface area contributed by atoms with Gasteiger partial charge in [0.05, 0.1) is 17.4 Å². The molecule has 1 aromatic carbocycles. The Labute approximate surface area is 190 Å². The molecule has 1 saturated heterocycles. The van der Waals surface area contributed by atoms with Gasteiger partial charge in [-0.05, 0) is 51.2 Å². The van der Waals surface area contributed by atoms with Gasteiger partial charge in [-0.1, -0.05) is 0 Å². The lowest BCUT2D eigenvalue weighted by atomic mass is 10.2. The number of aromatic nitrogens is 4. The molecule has 1 atom stereocenters. The van der Waals surface area contributed by atoms with Crippen LogP contribution in [-0.4, -0.2) is 57.6 Å². The standard InChI is InChI=1S/C23H26N8O2/c1-14-11-25-22(29-21(14)26-16-4-6-19-18(10-16)28-23(32)33-19)27-17-5-7-20(24-12-17)31-9-8-30(3)15(2)13-31/h4-7,10-12,15H,8-9,13H2,1-3H3,(H,28,32)(H2,25,26,27,29). The minimum absolute atomic E-state index is 0.462. The number of piperazine rings is 1. The predicted octanol–water partition coefficient (Wildman–Crippen LogP) is 3.24. The van der Waals surface area contributed by atoms with E-state index in [2.05, 4.69) is 54.3 Å². The van der Waals surface area contributed by atoms with Gasteiger partial charge in [-0.15, -0.1) is 0 Å². The zero-order valence-electron chi connectivity index (χ0n) is 18.8. The predicted molar refractivity (Wildman–Crippen MR) is 129 cm³/mol. The average Bonchev–Trinajstić information content (AvgIpc) is 3.18. The van der Waals surface area contributed by atoms with Gasteiger partial charge in [-0.25, -0.2) is 14.8 Å². The summed E-state index contributed by atoms with van der Waals surface area (Å²) in [5.74, 6) is 1.62. The van der Waals surface area contributed by atoms with Crippen LogP contribution in [-0.2, 0) is 0 Å². The summed E-state index contributed by atoms with van der Waals surface area (Å²) in [6.07, 6.45) is 3.56. The largest absolute Gasteiger partial charge is 0.417 e. The third kappa shape index (κ3) is 4.51. The van der Waals surface area contributed by atoms with E-state index in [9.17, 15) is 4.79 Å². The fraction of sp³-hybridized carbons (Fsp3) is 0.304. The molecule has 0 amide bonds. The minimum Gasteiger partial charge on any atom is -0.408 e. The molecule has 1 unspecified atom stereocenters. The average molecular weight is 447 g/mol.